The summed E-state index contributed by atoms with van der Waals surface area (Å²) in [6.07, 6.45) is 0. The van der Waals surface area contributed by atoms with E-state index in [1.54, 1.807) is 29.2 Å². The Morgan fingerprint density at radius 2 is 2.16 bits per heavy atom. The second kappa shape index (κ2) is 6.78. The predicted molar refractivity (Wildman–Crippen MR) is 93.4 cm³/mol. The van der Waals surface area contributed by atoms with Gasteiger partial charge in [0.15, 0.2) is 5.69 Å². The molecule has 25 heavy (non-hydrogen) atoms. The van der Waals surface area contributed by atoms with E-state index >= 15 is 0 Å². The molecule has 0 aliphatic carbocycles. The smallest absolute Gasteiger partial charge is 0.276 e. The fourth-order valence-electron chi connectivity index (χ4n) is 2.86. The van der Waals surface area contributed by atoms with Crippen molar-refractivity contribution in [3.05, 3.63) is 58.9 Å². The average molecular weight is 355 g/mol. The minimum atomic E-state index is -0.216. The Labute approximate surface area is 149 Å². The number of amides is 1. The zero-order valence-electron chi connectivity index (χ0n) is 13.7. The number of hydrogen-bond acceptors (Lipinski definition) is 6. The highest BCUT2D eigenvalue weighted by atomic mass is 32.1. The third kappa shape index (κ3) is 3.20. The zero-order chi connectivity index (χ0) is 17.2. The van der Waals surface area contributed by atoms with Crippen molar-refractivity contribution in [2.45, 2.75) is 13.0 Å². The fourth-order valence-corrected chi connectivity index (χ4v) is 3.73. The zero-order valence-corrected chi connectivity index (χ0v) is 14.5. The first kappa shape index (κ1) is 16.0. The van der Waals surface area contributed by atoms with Crippen molar-refractivity contribution < 1.29 is 14.1 Å². The SMILES string of the molecule is Cc1cc(C(=O)N2CCOC[C@H]2c2csc(-c3ccccc3)n2)no1. The van der Waals surface area contributed by atoms with E-state index in [0.717, 1.165) is 16.3 Å². The van der Waals surface area contributed by atoms with Crippen molar-refractivity contribution in [3.8, 4) is 10.6 Å². The van der Waals surface area contributed by atoms with Gasteiger partial charge in [-0.25, -0.2) is 4.98 Å². The van der Waals surface area contributed by atoms with Crippen LogP contribution in [-0.4, -0.2) is 40.7 Å². The fraction of sp³-hybridized carbons (Fsp3) is 0.278. The number of carbonyl (C=O) groups is 1. The van der Waals surface area contributed by atoms with Crippen LogP contribution in [0.5, 0.6) is 0 Å². The number of thiazole rings is 1. The van der Waals surface area contributed by atoms with E-state index in [1.165, 1.54) is 0 Å². The molecular weight excluding hydrogens is 338 g/mol. The largest absolute Gasteiger partial charge is 0.377 e. The van der Waals surface area contributed by atoms with Gasteiger partial charge in [-0.1, -0.05) is 35.5 Å². The van der Waals surface area contributed by atoms with E-state index in [4.69, 9.17) is 14.2 Å². The average Bonchev–Trinajstić information content (AvgIpc) is 3.31. The molecule has 1 saturated heterocycles. The molecule has 2 aromatic heterocycles. The van der Waals surface area contributed by atoms with Crippen LogP contribution >= 0.6 is 11.3 Å². The molecular formula is C18H17N3O3S. The lowest BCUT2D eigenvalue weighted by molar-refractivity contribution is -0.00421. The number of ether oxygens (including phenoxy) is 1. The number of aromatic nitrogens is 2. The van der Waals surface area contributed by atoms with E-state index in [0.29, 0.717) is 31.2 Å². The van der Waals surface area contributed by atoms with E-state index in [1.807, 2.05) is 35.7 Å². The molecule has 6 nitrogen and oxygen atoms in total. The lowest BCUT2D eigenvalue weighted by atomic mass is 10.1. The monoisotopic (exact) mass is 355 g/mol. The molecule has 1 amide bonds. The summed E-state index contributed by atoms with van der Waals surface area (Å²) < 4.78 is 10.6. The Balaban J connectivity index is 1.61. The van der Waals surface area contributed by atoms with E-state index in [9.17, 15) is 4.79 Å². The Morgan fingerprint density at radius 3 is 2.92 bits per heavy atom. The van der Waals surface area contributed by atoms with Crippen LogP contribution in [-0.2, 0) is 4.74 Å². The van der Waals surface area contributed by atoms with E-state index < -0.39 is 0 Å². The third-order valence-corrected chi connectivity index (χ3v) is 5.03. The van der Waals surface area contributed by atoms with Gasteiger partial charge >= 0.3 is 0 Å². The van der Waals surface area contributed by atoms with Gasteiger partial charge in [-0.3, -0.25) is 4.79 Å². The Bertz CT molecular complexity index is 875. The van der Waals surface area contributed by atoms with Gasteiger partial charge in [-0.2, -0.15) is 0 Å². The first-order valence-corrected chi connectivity index (χ1v) is 8.93. The summed E-state index contributed by atoms with van der Waals surface area (Å²) in [5.41, 5.74) is 2.24. The lowest BCUT2D eigenvalue weighted by Crippen LogP contribution is -2.43. The molecule has 3 heterocycles. The third-order valence-electron chi connectivity index (χ3n) is 4.12. The number of benzene rings is 1. The number of aryl methyl sites for hydroxylation is 1. The maximum atomic E-state index is 12.8. The van der Waals surface area contributed by atoms with Crippen molar-refractivity contribution in [1.29, 1.82) is 0 Å². The van der Waals surface area contributed by atoms with Gasteiger partial charge in [-0.05, 0) is 6.92 Å². The molecule has 1 atom stereocenters. The van der Waals surface area contributed by atoms with Crippen LogP contribution in [0, 0.1) is 6.92 Å². The van der Waals surface area contributed by atoms with Gasteiger partial charge in [-0.15, -0.1) is 11.3 Å². The molecule has 1 aliphatic rings. The molecule has 4 rings (SSSR count). The highest BCUT2D eigenvalue weighted by molar-refractivity contribution is 7.13. The summed E-state index contributed by atoms with van der Waals surface area (Å²) in [4.78, 5) is 19.3. The molecule has 128 valence electrons. The molecule has 1 aromatic carbocycles. The first-order chi connectivity index (χ1) is 12.2. The van der Waals surface area contributed by atoms with E-state index in [2.05, 4.69) is 5.16 Å². The van der Waals surface area contributed by atoms with Crippen molar-refractivity contribution >= 4 is 17.2 Å². The topological polar surface area (TPSA) is 68.5 Å². The summed E-state index contributed by atoms with van der Waals surface area (Å²) in [5.74, 6) is 0.465. The number of nitrogens with zero attached hydrogens (tertiary/aromatic N) is 3. The molecule has 0 spiro atoms. The molecule has 3 aromatic rings. The van der Waals surface area contributed by atoms with Crippen LogP contribution in [0.1, 0.15) is 28.0 Å². The van der Waals surface area contributed by atoms with Crippen LogP contribution in [0.15, 0.2) is 46.3 Å². The van der Waals surface area contributed by atoms with Gasteiger partial charge < -0.3 is 14.2 Å². The van der Waals surface area contributed by atoms with Crippen molar-refractivity contribution in [3.63, 3.8) is 0 Å². The first-order valence-electron chi connectivity index (χ1n) is 8.05. The summed E-state index contributed by atoms with van der Waals surface area (Å²) in [7, 11) is 0. The molecule has 0 bridgehead atoms. The number of rotatable bonds is 3. The Hall–Kier alpha value is -2.51. The minimum absolute atomic E-state index is 0.153. The summed E-state index contributed by atoms with van der Waals surface area (Å²) in [6.45, 7) is 3.22. The highest BCUT2D eigenvalue weighted by Crippen LogP contribution is 2.31. The lowest BCUT2D eigenvalue weighted by Gasteiger charge is -2.34. The summed E-state index contributed by atoms with van der Waals surface area (Å²) in [6, 6.07) is 11.5. The standard InChI is InChI=1S/C18H17N3O3S/c1-12-9-14(20-24-12)18(22)21-7-8-23-10-16(21)15-11-25-17(19-15)13-5-3-2-4-6-13/h2-6,9,11,16H,7-8,10H2,1H3/t16-/m0/s1. The second-order valence-electron chi connectivity index (χ2n) is 5.86. The number of morpholine rings is 1. The second-order valence-corrected chi connectivity index (χ2v) is 6.71. The molecule has 0 N–H and O–H groups in total. The molecule has 1 aliphatic heterocycles. The molecule has 0 unspecified atom stereocenters. The van der Waals surface area contributed by atoms with Gasteiger partial charge in [0.25, 0.3) is 5.91 Å². The molecule has 0 radical (unpaired) electrons. The summed E-state index contributed by atoms with van der Waals surface area (Å²) >= 11 is 1.57. The summed E-state index contributed by atoms with van der Waals surface area (Å²) in [5, 5.41) is 6.78. The normalized spacial score (nSPS) is 17.6. The van der Waals surface area contributed by atoms with Crippen LogP contribution in [0.25, 0.3) is 10.6 Å². The highest BCUT2D eigenvalue weighted by Gasteiger charge is 2.32. The quantitative estimate of drug-likeness (QED) is 0.721. The minimum Gasteiger partial charge on any atom is -0.377 e. The molecule has 0 saturated carbocycles. The van der Waals surface area contributed by atoms with Crippen LogP contribution in [0.3, 0.4) is 0 Å². The maximum Gasteiger partial charge on any atom is 0.276 e. The van der Waals surface area contributed by atoms with Crippen LogP contribution in [0.4, 0.5) is 0 Å². The Kier molecular flexibility index (Phi) is 4.33. The number of hydrogen-bond donors (Lipinski definition) is 0. The van der Waals surface area contributed by atoms with Gasteiger partial charge in [0, 0.05) is 23.6 Å². The van der Waals surface area contributed by atoms with Crippen molar-refractivity contribution in [2.24, 2.45) is 0 Å². The number of carbonyl (C=O) groups excluding carboxylic acids is 1. The molecule has 1 fully saturated rings. The molecule has 7 heteroatoms. The Morgan fingerprint density at radius 1 is 1.32 bits per heavy atom. The van der Waals surface area contributed by atoms with Gasteiger partial charge in [0.1, 0.15) is 10.8 Å². The maximum absolute atomic E-state index is 12.8. The predicted octanol–water partition coefficient (Wildman–Crippen LogP) is 3.32. The van der Waals surface area contributed by atoms with Gasteiger partial charge in [0.05, 0.1) is 24.9 Å². The van der Waals surface area contributed by atoms with Gasteiger partial charge in [0.2, 0.25) is 0 Å². The van der Waals surface area contributed by atoms with Crippen molar-refractivity contribution in [1.82, 2.24) is 15.0 Å². The van der Waals surface area contributed by atoms with Crippen molar-refractivity contribution in [2.75, 3.05) is 19.8 Å². The van der Waals surface area contributed by atoms with Crippen LogP contribution in [0.2, 0.25) is 0 Å². The van der Waals surface area contributed by atoms with E-state index in [-0.39, 0.29) is 11.9 Å². The van der Waals surface area contributed by atoms with Crippen LogP contribution < -0.4 is 0 Å².